The summed E-state index contributed by atoms with van der Waals surface area (Å²) < 4.78 is 6.86. The molecule has 22 heavy (non-hydrogen) atoms. The predicted octanol–water partition coefficient (Wildman–Crippen LogP) is 1.31. The molecule has 2 aromatic rings. The molecule has 0 saturated carbocycles. The minimum Gasteiger partial charge on any atom is -0.467 e. The topological polar surface area (TPSA) is 80.4 Å². The Morgan fingerprint density at radius 1 is 1.55 bits per heavy atom. The summed E-state index contributed by atoms with van der Waals surface area (Å²) in [6.07, 6.45) is 1.80. The number of rotatable bonds is 4. The molecule has 1 fully saturated rings. The number of aromatic nitrogens is 2. The molecule has 7 heteroatoms. The number of nitrogens with one attached hydrogen (secondary N) is 1. The highest BCUT2D eigenvalue weighted by Gasteiger charge is 2.34. The predicted molar refractivity (Wildman–Crippen MR) is 78.8 cm³/mol. The summed E-state index contributed by atoms with van der Waals surface area (Å²) >= 11 is 0. The van der Waals surface area contributed by atoms with E-state index in [4.69, 9.17) is 4.42 Å². The molecular weight excluding hydrogens is 284 g/mol. The van der Waals surface area contributed by atoms with Crippen LogP contribution >= 0.6 is 0 Å². The molecule has 0 radical (unpaired) electrons. The second-order valence-corrected chi connectivity index (χ2v) is 5.54. The van der Waals surface area contributed by atoms with E-state index in [0.717, 1.165) is 11.5 Å². The third-order valence-corrected chi connectivity index (χ3v) is 3.77. The Morgan fingerprint density at radius 2 is 2.36 bits per heavy atom. The maximum absolute atomic E-state index is 12.3. The van der Waals surface area contributed by atoms with Crippen LogP contribution < -0.4 is 5.32 Å². The van der Waals surface area contributed by atoms with E-state index in [1.807, 2.05) is 13.0 Å². The van der Waals surface area contributed by atoms with Crippen LogP contribution in [-0.2, 0) is 23.2 Å². The fourth-order valence-corrected chi connectivity index (χ4v) is 2.65. The zero-order valence-electron chi connectivity index (χ0n) is 12.6. The van der Waals surface area contributed by atoms with Crippen molar-refractivity contribution in [3.63, 3.8) is 0 Å². The largest absolute Gasteiger partial charge is 0.467 e. The van der Waals surface area contributed by atoms with Crippen LogP contribution in [0, 0.1) is 12.8 Å². The summed E-state index contributed by atoms with van der Waals surface area (Å²) in [4.78, 5) is 26.0. The molecule has 2 amide bonds. The Labute approximate surface area is 127 Å². The number of carbonyl (C=O) groups excluding carboxylic acids is 2. The number of hydrogen-bond donors (Lipinski definition) is 1. The van der Waals surface area contributed by atoms with Gasteiger partial charge in [0.25, 0.3) is 0 Å². The normalized spacial score (nSPS) is 18.0. The van der Waals surface area contributed by atoms with Gasteiger partial charge in [0.15, 0.2) is 0 Å². The maximum Gasteiger partial charge on any atom is 0.230 e. The van der Waals surface area contributed by atoms with Gasteiger partial charge in [-0.1, -0.05) is 0 Å². The fourth-order valence-electron chi connectivity index (χ4n) is 2.65. The summed E-state index contributed by atoms with van der Waals surface area (Å²) in [5.74, 6) is 0.824. The molecule has 3 heterocycles. The minimum absolute atomic E-state index is 0.0299. The standard InChI is InChI=1S/C15H18N4O3/c1-10-6-13(18(2)17-10)16-15(21)11-7-14(20)19(8-11)9-12-4-3-5-22-12/h3-6,11H,7-9H2,1-2H3,(H,16,21)/t11-/m1/s1. The highest BCUT2D eigenvalue weighted by molar-refractivity contribution is 5.96. The summed E-state index contributed by atoms with van der Waals surface area (Å²) in [7, 11) is 1.77. The van der Waals surface area contributed by atoms with E-state index in [9.17, 15) is 9.59 Å². The van der Waals surface area contributed by atoms with Crippen LogP contribution in [0.25, 0.3) is 0 Å². The van der Waals surface area contributed by atoms with Crippen molar-refractivity contribution in [2.75, 3.05) is 11.9 Å². The summed E-state index contributed by atoms with van der Waals surface area (Å²) in [5, 5.41) is 7.01. The molecular formula is C15H18N4O3. The van der Waals surface area contributed by atoms with E-state index in [0.29, 0.717) is 18.9 Å². The van der Waals surface area contributed by atoms with Gasteiger partial charge in [-0.3, -0.25) is 14.3 Å². The molecule has 0 bridgehead atoms. The molecule has 3 rings (SSSR count). The van der Waals surface area contributed by atoms with Crippen LogP contribution in [0.5, 0.6) is 0 Å². The number of nitrogens with zero attached hydrogens (tertiary/aromatic N) is 3. The van der Waals surface area contributed by atoms with Gasteiger partial charge in [0.05, 0.1) is 24.4 Å². The van der Waals surface area contributed by atoms with Crippen LogP contribution in [0.15, 0.2) is 28.9 Å². The van der Waals surface area contributed by atoms with Crippen molar-refractivity contribution in [3.8, 4) is 0 Å². The molecule has 1 aliphatic rings. The van der Waals surface area contributed by atoms with Gasteiger partial charge < -0.3 is 14.6 Å². The lowest BCUT2D eigenvalue weighted by molar-refractivity contribution is -0.128. The SMILES string of the molecule is Cc1cc(NC(=O)[C@@H]2CC(=O)N(Cc3ccco3)C2)n(C)n1. The second-order valence-electron chi connectivity index (χ2n) is 5.54. The number of hydrogen-bond acceptors (Lipinski definition) is 4. The van der Waals surface area contributed by atoms with Crippen LogP contribution in [-0.4, -0.2) is 33.0 Å². The summed E-state index contributed by atoms with van der Waals surface area (Å²) in [6.45, 7) is 2.67. The first-order chi connectivity index (χ1) is 10.5. The quantitative estimate of drug-likeness (QED) is 0.923. The van der Waals surface area contributed by atoms with E-state index in [2.05, 4.69) is 10.4 Å². The third-order valence-electron chi connectivity index (χ3n) is 3.77. The van der Waals surface area contributed by atoms with Gasteiger partial charge in [0.2, 0.25) is 11.8 Å². The zero-order chi connectivity index (χ0) is 15.7. The lowest BCUT2D eigenvalue weighted by Crippen LogP contribution is -2.28. The Kier molecular flexibility index (Phi) is 3.70. The van der Waals surface area contributed by atoms with Crippen molar-refractivity contribution >= 4 is 17.6 Å². The maximum atomic E-state index is 12.3. The third kappa shape index (κ3) is 2.88. The molecule has 1 atom stereocenters. The highest BCUT2D eigenvalue weighted by Crippen LogP contribution is 2.22. The van der Waals surface area contributed by atoms with Crippen molar-refractivity contribution in [2.24, 2.45) is 13.0 Å². The first kappa shape index (κ1) is 14.4. The Balaban J connectivity index is 1.62. The van der Waals surface area contributed by atoms with E-state index in [-0.39, 0.29) is 24.2 Å². The van der Waals surface area contributed by atoms with Crippen molar-refractivity contribution in [2.45, 2.75) is 19.9 Å². The van der Waals surface area contributed by atoms with Gasteiger partial charge in [-0.2, -0.15) is 5.10 Å². The number of likely N-dealkylation sites (tertiary alicyclic amines) is 1. The molecule has 0 aliphatic carbocycles. The summed E-state index contributed by atoms with van der Waals surface area (Å²) in [5.41, 5.74) is 0.833. The van der Waals surface area contributed by atoms with Gasteiger partial charge in [-0.25, -0.2) is 0 Å². The Morgan fingerprint density at radius 3 is 3.00 bits per heavy atom. The molecule has 7 nitrogen and oxygen atoms in total. The molecule has 2 aromatic heterocycles. The highest BCUT2D eigenvalue weighted by atomic mass is 16.3. The average Bonchev–Trinajstić information content (AvgIpc) is 3.15. The summed E-state index contributed by atoms with van der Waals surface area (Å²) in [6, 6.07) is 5.40. The molecule has 1 aliphatic heterocycles. The van der Waals surface area contributed by atoms with E-state index in [1.54, 1.807) is 35.0 Å². The molecule has 0 spiro atoms. The van der Waals surface area contributed by atoms with Crippen molar-refractivity contribution in [3.05, 3.63) is 35.9 Å². The van der Waals surface area contributed by atoms with Gasteiger partial charge in [-0.05, 0) is 19.1 Å². The van der Waals surface area contributed by atoms with Crippen molar-refractivity contribution in [1.82, 2.24) is 14.7 Å². The van der Waals surface area contributed by atoms with Crippen molar-refractivity contribution < 1.29 is 14.0 Å². The molecule has 1 N–H and O–H groups in total. The lowest BCUT2D eigenvalue weighted by Gasteiger charge is -2.15. The van der Waals surface area contributed by atoms with Gasteiger partial charge >= 0.3 is 0 Å². The first-order valence-electron chi connectivity index (χ1n) is 7.14. The lowest BCUT2D eigenvalue weighted by atomic mass is 10.1. The van der Waals surface area contributed by atoms with Crippen LogP contribution in [0.2, 0.25) is 0 Å². The number of furan rings is 1. The van der Waals surface area contributed by atoms with Crippen LogP contribution in [0.4, 0.5) is 5.82 Å². The van der Waals surface area contributed by atoms with Gasteiger partial charge in [0.1, 0.15) is 11.6 Å². The van der Waals surface area contributed by atoms with E-state index < -0.39 is 0 Å². The minimum atomic E-state index is -0.349. The van der Waals surface area contributed by atoms with E-state index in [1.165, 1.54) is 0 Å². The Hall–Kier alpha value is -2.57. The van der Waals surface area contributed by atoms with Crippen LogP contribution in [0.1, 0.15) is 17.9 Å². The number of aryl methyl sites for hydroxylation is 2. The van der Waals surface area contributed by atoms with Crippen molar-refractivity contribution in [1.29, 1.82) is 0 Å². The molecule has 1 saturated heterocycles. The second kappa shape index (κ2) is 5.67. The molecule has 0 aromatic carbocycles. The zero-order valence-corrected chi connectivity index (χ0v) is 12.6. The smallest absolute Gasteiger partial charge is 0.230 e. The molecule has 116 valence electrons. The first-order valence-corrected chi connectivity index (χ1v) is 7.14. The van der Waals surface area contributed by atoms with Gasteiger partial charge in [-0.15, -0.1) is 0 Å². The average molecular weight is 302 g/mol. The Bertz CT molecular complexity index is 690. The monoisotopic (exact) mass is 302 g/mol. The van der Waals surface area contributed by atoms with E-state index >= 15 is 0 Å². The number of amides is 2. The fraction of sp³-hybridized carbons (Fsp3) is 0.400. The number of carbonyl (C=O) groups is 2. The van der Waals surface area contributed by atoms with Crippen LogP contribution in [0.3, 0.4) is 0 Å². The molecule has 0 unspecified atom stereocenters. The number of anilines is 1. The van der Waals surface area contributed by atoms with Gasteiger partial charge in [0, 0.05) is 26.1 Å².